The number of unbranched alkanes of at least 4 members (excludes halogenated alkanes) is 1. The van der Waals surface area contributed by atoms with Gasteiger partial charge in [-0.2, -0.15) is 0 Å². The van der Waals surface area contributed by atoms with Crippen molar-refractivity contribution in [3.05, 3.63) is 35.9 Å². The van der Waals surface area contributed by atoms with Crippen molar-refractivity contribution in [2.24, 2.45) is 0 Å². The highest BCUT2D eigenvalue weighted by Gasteiger charge is 2.36. The Morgan fingerprint density at radius 3 is 2.55 bits per heavy atom. The van der Waals surface area contributed by atoms with Crippen molar-refractivity contribution in [3.63, 3.8) is 0 Å². The molecule has 5 heteroatoms. The number of aliphatic carboxylic acids is 1. The normalized spacial score (nSPS) is 12.8. The van der Waals surface area contributed by atoms with Gasteiger partial charge in [-0.05, 0) is 18.9 Å². The molecular weight excluding hydrogens is 256 g/mol. The number of nitrogens with one attached hydrogen (secondary N) is 2. The Bertz CT molecular complexity index is 508. The summed E-state index contributed by atoms with van der Waals surface area (Å²) in [5, 5.41) is 14.4. The number of hydrogen-bond donors (Lipinski definition) is 3. The molecule has 0 fully saturated rings. The summed E-state index contributed by atoms with van der Waals surface area (Å²) in [4.78, 5) is 23.2. The molecule has 0 aliphatic heterocycles. The standard InChI is InChI=1S/C15H18N2O3/c1-3-4-8-11-16-14(20)17-15(2,13(18)19)12-9-6-5-7-10-12/h1,5-7,9-10H,4,8,11H2,2H3,(H,18,19)(H2,16,17,20). The minimum atomic E-state index is -1.47. The first-order valence-electron chi connectivity index (χ1n) is 6.29. The molecule has 1 rings (SSSR count). The summed E-state index contributed by atoms with van der Waals surface area (Å²) in [6.07, 6.45) is 6.32. The monoisotopic (exact) mass is 274 g/mol. The van der Waals surface area contributed by atoms with Crippen LogP contribution < -0.4 is 10.6 Å². The summed E-state index contributed by atoms with van der Waals surface area (Å²) in [5.74, 6) is 1.35. The van der Waals surface area contributed by atoms with Gasteiger partial charge in [-0.25, -0.2) is 9.59 Å². The minimum Gasteiger partial charge on any atom is -0.479 e. The first kappa shape index (κ1) is 15.6. The molecule has 1 unspecified atom stereocenters. The highest BCUT2D eigenvalue weighted by Crippen LogP contribution is 2.20. The van der Waals surface area contributed by atoms with Crippen LogP contribution in [-0.4, -0.2) is 23.7 Å². The van der Waals surface area contributed by atoms with Gasteiger partial charge in [-0.3, -0.25) is 0 Å². The molecule has 0 bridgehead atoms. The molecule has 1 aromatic carbocycles. The van der Waals surface area contributed by atoms with Gasteiger partial charge < -0.3 is 15.7 Å². The number of hydrogen-bond acceptors (Lipinski definition) is 2. The molecule has 0 radical (unpaired) electrons. The Balaban J connectivity index is 2.71. The van der Waals surface area contributed by atoms with E-state index in [1.54, 1.807) is 30.3 Å². The van der Waals surface area contributed by atoms with Crippen LogP contribution in [-0.2, 0) is 10.3 Å². The van der Waals surface area contributed by atoms with Crippen molar-refractivity contribution in [2.75, 3.05) is 6.54 Å². The zero-order valence-corrected chi connectivity index (χ0v) is 11.3. The second-order valence-corrected chi connectivity index (χ2v) is 4.48. The molecule has 0 aromatic heterocycles. The van der Waals surface area contributed by atoms with Crippen molar-refractivity contribution >= 4 is 12.0 Å². The van der Waals surface area contributed by atoms with Gasteiger partial charge in [0.1, 0.15) is 0 Å². The third-order valence-corrected chi connectivity index (χ3v) is 2.93. The van der Waals surface area contributed by atoms with Crippen LogP contribution in [0.25, 0.3) is 0 Å². The Labute approximate surface area is 118 Å². The first-order valence-corrected chi connectivity index (χ1v) is 6.29. The van der Waals surface area contributed by atoms with Crippen LogP contribution in [0.4, 0.5) is 4.79 Å². The summed E-state index contributed by atoms with van der Waals surface area (Å²) in [5.41, 5.74) is -0.969. The predicted molar refractivity (Wildman–Crippen MR) is 76.0 cm³/mol. The summed E-state index contributed by atoms with van der Waals surface area (Å²) < 4.78 is 0. The molecule has 0 aliphatic rings. The van der Waals surface area contributed by atoms with Crippen molar-refractivity contribution in [1.29, 1.82) is 0 Å². The maximum Gasteiger partial charge on any atom is 0.333 e. The van der Waals surface area contributed by atoms with E-state index in [-0.39, 0.29) is 0 Å². The quantitative estimate of drug-likeness (QED) is 0.545. The second-order valence-electron chi connectivity index (χ2n) is 4.48. The van der Waals surface area contributed by atoms with E-state index in [4.69, 9.17) is 6.42 Å². The largest absolute Gasteiger partial charge is 0.479 e. The smallest absolute Gasteiger partial charge is 0.333 e. The number of carbonyl (C=O) groups is 2. The van der Waals surface area contributed by atoms with Gasteiger partial charge in [0, 0.05) is 13.0 Å². The fourth-order valence-electron chi connectivity index (χ4n) is 1.68. The molecule has 0 spiro atoms. The summed E-state index contributed by atoms with van der Waals surface area (Å²) in [6.45, 7) is 1.85. The van der Waals surface area contributed by atoms with Crippen molar-refractivity contribution in [3.8, 4) is 12.3 Å². The zero-order valence-electron chi connectivity index (χ0n) is 11.3. The van der Waals surface area contributed by atoms with E-state index in [1.807, 2.05) is 0 Å². The summed E-state index contributed by atoms with van der Waals surface area (Å²) >= 11 is 0. The van der Waals surface area contributed by atoms with Crippen LogP contribution in [0.2, 0.25) is 0 Å². The highest BCUT2D eigenvalue weighted by molar-refractivity contribution is 5.87. The lowest BCUT2D eigenvalue weighted by Gasteiger charge is -2.26. The number of benzene rings is 1. The Hall–Kier alpha value is -2.48. The van der Waals surface area contributed by atoms with Crippen LogP contribution in [0.3, 0.4) is 0 Å². The number of rotatable bonds is 6. The van der Waals surface area contributed by atoms with E-state index in [2.05, 4.69) is 16.6 Å². The predicted octanol–water partition coefficient (Wildman–Crippen LogP) is 1.70. The Morgan fingerprint density at radius 1 is 1.35 bits per heavy atom. The molecule has 5 nitrogen and oxygen atoms in total. The number of amides is 2. The molecule has 0 aliphatic carbocycles. The Kier molecular flexibility index (Phi) is 5.60. The lowest BCUT2D eigenvalue weighted by molar-refractivity contribution is -0.144. The summed E-state index contributed by atoms with van der Waals surface area (Å²) in [6, 6.07) is 8.02. The van der Waals surface area contributed by atoms with Gasteiger partial charge in [0.2, 0.25) is 0 Å². The molecule has 0 heterocycles. The van der Waals surface area contributed by atoms with Crippen LogP contribution in [0, 0.1) is 12.3 Å². The maximum absolute atomic E-state index is 11.8. The van der Waals surface area contributed by atoms with Crippen LogP contribution >= 0.6 is 0 Å². The van der Waals surface area contributed by atoms with Gasteiger partial charge in [0.15, 0.2) is 5.54 Å². The zero-order chi connectivity index (χ0) is 15.0. The van der Waals surface area contributed by atoms with Crippen molar-refractivity contribution in [1.82, 2.24) is 10.6 Å². The number of carboxylic acid groups (broad SMARTS) is 1. The van der Waals surface area contributed by atoms with Crippen LogP contribution in [0.15, 0.2) is 30.3 Å². The number of terminal acetylenes is 1. The maximum atomic E-state index is 11.8. The highest BCUT2D eigenvalue weighted by atomic mass is 16.4. The summed E-state index contributed by atoms with van der Waals surface area (Å²) in [7, 11) is 0. The SMILES string of the molecule is C#CCCCNC(=O)NC(C)(C(=O)O)c1ccccc1. The van der Waals surface area contributed by atoms with Gasteiger partial charge >= 0.3 is 12.0 Å². The lowest BCUT2D eigenvalue weighted by Crippen LogP contribution is -2.53. The molecule has 1 aromatic rings. The molecule has 0 saturated heterocycles. The average molecular weight is 274 g/mol. The second kappa shape index (κ2) is 7.19. The van der Waals surface area contributed by atoms with E-state index in [1.165, 1.54) is 6.92 Å². The van der Waals surface area contributed by atoms with E-state index in [0.29, 0.717) is 24.9 Å². The third kappa shape index (κ3) is 4.02. The third-order valence-electron chi connectivity index (χ3n) is 2.93. The lowest BCUT2D eigenvalue weighted by atomic mass is 9.92. The molecule has 0 saturated carbocycles. The van der Waals surface area contributed by atoms with E-state index < -0.39 is 17.5 Å². The van der Waals surface area contributed by atoms with E-state index >= 15 is 0 Å². The van der Waals surface area contributed by atoms with Gasteiger partial charge in [0.05, 0.1) is 0 Å². The molecule has 1 atom stereocenters. The number of urea groups is 1. The number of carbonyl (C=O) groups excluding carboxylic acids is 1. The Morgan fingerprint density at radius 2 is 2.00 bits per heavy atom. The fraction of sp³-hybridized carbons (Fsp3) is 0.333. The first-order chi connectivity index (χ1) is 9.50. The topological polar surface area (TPSA) is 78.4 Å². The van der Waals surface area contributed by atoms with Gasteiger partial charge in [0.25, 0.3) is 0 Å². The minimum absolute atomic E-state index is 0.403. The van der Waals surface area contributed by atoms with Gasteiger partial charge in [-0.15, -0.1) is 12.3 Å². The molecule has 2 amide bonds. The molecule has 106 valence electrons. The van der Waals surface area contributed by atoms with Gasteiger partial charge in [-0.1, -0.05) is 30.3 Å². The van der Waals surface area contributed by atoms with Crippen LogP contribution in [0.1, 0.15) is 25.3 Å². The fourth-order valence-corrected chi connectivity index (χ4v) is 1.68. The van der Waals surface area contributed by atoms with E-state index in [0.717, 1.165) is 0 Å². The molecular formula is C15H18N2O3. The van der Waals surface area contributed by atoms with Crippen LogP contribution in [0.5, 0.6) is 0 Å². The number of carboxylic acids is 1. The van der Waals surface area contributed by atoms with E-state index in [9.17, 15) is 14.7 Å². The van der Waals surface area contributed by atoms with Crippen molar-refractivity contribution in [2.45, 2.75) is 25.3 Å². The molecule has 20 heavy (non-hydrogen) atoms. The molecule has 3 N–H and O–H groups in total. The average Bonchev–Trinajstić information content (AvgIpc) is 2.44. The van der Waals surface area contributed by atoms with Crippen molar-refractivity contribution < 1.29 is 14.7 Å².